The lowest BCUT2D eigenvalue weighted by Gasteiger charge is -2.14. The fourth-order valence-corrected chi connectivity index (χ4v) is 2.45. The van der Waals surface area contributed by atoms with Crippen LogP contribution in [0.4, 0.5) is 5.69 Å². The maximum atomic E-state index is 12.0. The molecule has 0 aliphatic carbocycles. The predicted octanol–water partition coefficient (Wildman–Crippen LogP) is 2.75. The fourth-order valence-electron chi connectivity index (χ4n) is 2.19. The van der Waals surface area contributed by atoms with Crippen molar-refractivity contribution in [3.63, 3.8) is 0 Å². The largest absolute Gasteiger partial charge is 0.387 e. The Balaban J connectivity index is 1.94. The van der Waals surface area contributed by atoms with Gasteiger partial charge in [-0.3, -0.25) is 9.59 Å². The lowest BCUT2D eigenvalue weighted by Crippen LogP contribution is -2.37. The van der Waals surface area contributed by atoms with E-state index in [1.54, 1.807) is 36.4 Å². The Kier molecular flexibility index (Phi) is 5.95. The molecule has 0 fully saturated rings. The van der Waals surface area contributed by atoms with Crippen LogP contribution in [-0.4, -0.2) is 23.5 Å². The molecule has 0 spiro atoms. The first-order valence-corrected chi connectivity index (χ1v) is 7.86. The molecule has 0 aliphatic heterocycles. The number of carbonyl (C=O) groups excluding carboxylic acids is 2. The molecule has 2 amide bonds. The van der Waals surface area contributed by atoms with Crippen LogP contribution in [0.3, 0.4) is 0 Å². The number of hydrogen-bond acceptors (Lipinski definition) is 3. The Bertz CT molecular complexity index is 762. The van der Waals surface area contributed by atoms with E-state index < -0.39 is 17.9 Å². The van der Waals surface area contributed by atoms with Crippen molar-refractivity contribution in [2.75, 3.05) is 11.9 Å². The quantitative estimate of drug-likeness (QED) is 0.745. The van der Waals surface area contributed by atoms with E-state index in [0.29, 0.717) is 16.3 Å². The minimum Gasteiger partial charge on any atom is -0.387 e. The van der Waals surface area contributed by atoms with E-state index >= 15 is 0 Å². The van der Waals surface area contributed by atoms with E-state index in [4.69, 9.17) is 11.6 Å². The van der Waals surface area contributed by atoms with Crippen molar-refractivity contribution >= 4 is 29.1 Å². The van der Waals surface area contributed by atoms with Crippen LogP contribution in [0, 0.1) is 13.8 Å². The zero-order valence-electron chi connectivity index (χ0n) is 13.5. The van der Waals surface area contributed by atoms with E-state index in [1.807, 2.05) is 19.9 Å². The number of amides is 2. The summed E-state index contributed by atoms with van der Waals surface area (Å²) in [4.78, 5) is 23.9. The summed E-state index contributed by atoms with van der Waals surface area (Å²) in [6.45, 7) is 3.68. The minimum atomic E-state index is -0.990. The molecule has 2 aromatic carbocycles. The van der Waals surface area contributed by atoms with E-state index in [9.17, 15) is 14.7 Å². The molecule has 1 atom stereocenters. The van der Waals surface area contributed by atoms with Gasteiger partial charge in [0.1, 0.15) is 0 Å². The molecule has 1 unspecified atom stereocenters. The van der Waals surface area contributed by atoms with Crippen LogP contribution < -0.4 is 10.6 Å². The maximum Gasteiger partial charge on any atom is 0.313 e. The zero-order valence-corrected chi connectivity index (χ0v) is 14.2. The summed E-state index contributed by atoms with van der Waals surface area (Å²) in [7, 11) is 0. The predicted molar refractivity (Wildman–Crippen MR) is 94.0 cm³/mol. The number of anilines is 1. The summed E-state index contributed by atoms with van der Waals surface area (Å²) in [5.74, 6) is -1.60. The Morgan fingerprint density at radius 1 is 1.08 bits per heavy atom. The van der Waals surface area contributed by atoms with Crippen molar-refractivity contribution in [3.8, 4) is 0 Å². The first-order chi connectivity index (χ1) is 11.4. The van der Waals surface area contributed by atoms with Gasteiger partial charge < -0.3 is 15.7 Å². The highest BCUT2D eigenvalue weighted by molar-refractivity contribution is 6.39. The van der Waals surface area contributed by atoms with Gasteiger partial charge in [0.05, 0.1) is 6.10 Å². The van der Waals surface area contributed by atoms with Gasteiger partial charge in [-0.25, -0.2) is 0 Å². The number of benzene rings is 2. The van der Waals surface area contributed by atoms with Crippen LogP contribution in [-0.2, 0) is 9.59 Å². The van der Waals surface area contributed by atoms with Gasteiger partial charge in [0, 0.05) is 22.8 Å². The van der Waals surface area contributed by atoms with Gasteiger partial charge in [0.2, 0.25) is 0 Å². The molecular weight excluding hydrogens is 328 g/mol. The summed E-state index contributed by atoms with van der Waals surface area (Å²) < 4.78 is 0. The van der Waals surface area contributed by atoms with Crippen molar-refractivity contribution in [3.05, 3.63) is 64.2 Å². The molecule has 0 saturated heterocycles. The molecule has 3 N–H and O–H groups in total. The van der Waals surface area contributed by atoms with Crippen molar-refractivity contribution < 1.29 is 14.7 Å². The van der Waals surface area contributed by atoms with E-state index in [-0.39, 0.29) is 6.54 Å². The van der Waals surface area contributed by atoms with Crippen LogP contribution in [0.2, 0.25) is 5.02 Å². The third kappa shape index (κ3) is 4.34. The second kappa shape index (κ2) is 7.95. The van der Waals surface area contributed by atoms with Crippen LogP contribution >= 0.6 is 11.6 Å². The Morgan fingerprint density at radius 3 is 2.50 bits per heavy atom. The van der Waals surface area contributed by atoms with E-state index in [2.05, 4.69) is 10.6 Å². The van der Waals surface area contributed by atoms with Crippen molar-refractivity contribution in [1.82, 2.24) is 5.32 Å². The minimum absolute atomic E-state index is 0.108. The van der Waals surface area contributed by atoms with Gasteiger partial charge in [-0.1, -0.05) is 41.9 Å². The first kappa shape index (κ1) is 18.0. The monoisotopic (exact) mass is 346 g/mol. The molecule has 0 radical (unpaired) electrons. The standard InChI is InChI=1S/C18H19ClN2O3/c1-11-6-5-9-15(12(11)2)21-18(24)17(23)20-10-16(22)13-7-3-4-8-14(13)19/h3-9,16,22H,10H2,1-2H3,(H,20,23)(H,21,24). The Labute approximate surface area is 145 Å². The molecule has 5 nitrogen and oxygen atoms in total. The number of nitrogens with one attached hydrogen (secondary N) is 2. The average Bonchev–Trinajstić information content (AvgIpc) is 2.56. The molecule has 2 aromatic rings. The molecule has 0 heterocycles. The van der Waals surface area contributed by atoms with Gasteiger partial charge in [-0.15, -0.1) is 0 Å². The van der Waals surface area contributed by atoms with Crippen molar-refractivity contribution in [2.24, 2.45) is 0 Å². The third-order valence-corrected chi connectivity index (χ3v) is 4.12. The first-order valence-electron chi connectivity index (χ1n) is 7.48. The van der Waals surface area contributed by atoms with E-state index in [1.165, 1.54) is 0 Å². The average molecular weight is 347 g/mol. The summed E-state index contributed by atoms with van der Waals surface area (Å²) in [6.07, 6.45) is -0.990. The van der Waals surface area contributed by atoms with Crippen LogP contribution in [0.25, 0.3) is 0 Å². The van der Waals surface area contributed by atoms with Gasteiger partial charge in [-0.2, -0.15) is 0 Å². The third-order valence-electron chi connectivity index (χ3n) is 3.78. The summed E-state index contributed by atoms with van der Waals surface area (Å²) >= 11 is 5.98. The van der Waals surface area contributed by atoms with E-state index in [0.717, 1.165) is 11.1 Å². The molecule has 0 bridgehead atoms. The second-order valence-electron chi connectivity index (χ2n) is 5.45. The Hall–Kier alpha value is -2.37. The molecule has 0 aliphatic rings. The molecule has 0 saturated carbocycles. The number of halogens is 1. The zero-order chi connectivity index (χ0) is 17.7. The van der Waals surface area contributed by atoms with Crippen molar-refractivity contribution in [1.29, 1.82) is 0 Å². The topological polar surface area (TPSA) is 78.4 Å². The maximum absolute atomic E-state index is 12.0. The molecule has 2 rings (SSSR count). The van der Waals surface area contributed by atoms with Crippen LogP contribution in [0.15, 0.2) is 42.5 Å². The lowest BCUT2D eigenvalue weighted by molar-refractivity contribution is -0.136. The molecule has 126 valence electrons. The van der Waals surface area contributed by atoms with Gasteiger partial charge in [0.15, 0.2) is 0 Å². The fraction of sp³-hybridized carbons (Fsp3) is 0.222. The summed E-state index contributed by atoms with van der Waals surface area (Å²) in [5.41, 5.74) is 2.99. The number of aryl methyl sites for hydroxylation is 1. The number of rotatable bonds is 4. The highest BCUT2D eigenvalue weighted by Crippen LogP contribution is 2.22. The number of carbonyl (C=O) groups is 2. The van der Waals surface area contributed by atoms with Gasteiger partial charge >= 0.3 is 11.8 Å². The number of aliphatic hydroxyl groups excluding tert-OH is 1. The highest BCUT2D eigenvalue weighted by Gasteiger charge is 2.17. The lowest BCUT2D eigenvalue weighted by atomic mass is 10.1. The van der Waals surface area contributed by atoms with Crippen molar-refractivity contribution in [2.45, 2.75) is 20.0 Å². The Morgan fingerprint density at radius 2 is 1.79 bits per heavy atom. The second-order valence-corrected chi connectivity index (χ2v) is 5.86. The van der Waals surface area contributed by atoms with Gasteiger partial charge in [-0.05, 0) is 37.1 Å². The molecule has 24 heavy (non-hydrogen) atoms. The molecular formula is C18H19ClN2O3. The summed E-state index contributed by atoms with van der Waals surface area (Å²) in [6, 6.07) is 12.2. The SMILES string of the molecule is Cc1cccc(NC(=O)C(=O)NCC(O)c2ccccc2Cl)c1C. The number of hydrogen-bond donors (Lipinski definition) is 3. The van der Waals surface area contributed by atoms with Gasteiger partial charge in [0.25, 0.3) is 0 Å². The van der Waals surface area contributed by atoms with Crippen LogP contribution in [0.1, 0.15) is 22.8 Å². The summed E-state index contributed by atoms with van der Waals surface area (Å²) in [5, 5.41) is 15.4. The van der Waals surface area contributed by atoms with Crippen LogP contribution in [0.5, 0.6) is 0 Å². The molecule has 6 heteroatoms. The molecule has 0 aromatic heterocycles. The smallest absolute Gasteiger partial charge is 0.313 e. The number of aliphatic hydroxyl groups is 1. The normalized spacial score (nSPS) is 11.7. The highest BCUT2D eigenvalue weighted by atomic mass is 35.5.